The van der Waals surface area contributed by atoms with Crippen LogP contribution in [0.3, 0.4) is 0 Å². The first-order valence-corrected chi connectivity index (χ1v) is 7.60. The summed E-state index contributed by atoms with van der Waals surface area (Å²) < 4.78 is 25.9. The predicted molar refractivity (Wildman–Crippen MR) is 70.9 cm³/mol. The third kappa shape index (κ3) is 3.60. The zero-order chi connectivity index (χ0) is 14.7. The molecule has 3 N–H and O–H groups in total. The van der Waals surface area contributed by atoms with Gasteiger partial charge in [-0.05, 0) is 19.4 Å². The lowest BCUT2D eigenvalue weighted by Crippen LogP contribution is -2.47. The molecule has 0 spiro atoms. The molecule has 4 unspecified atom stereocenters. The van der Waals surface area contributed by atoms with Gasteiger partial charge in [-0.2, -0.15) is 0 Å². The van der Waals surface area contributed by atoms with E-state index in [4.69, 9.17) is 5.11 Å². The Labute approximate surface area is 119 Å². The van der Waals surface area contributed by atoms with Gasteiger partial charge in [-0.1, -0.05) is 0 Å². The highest BCUT2D eigenvalue weighted by Gasteiger charge is 2.46. The summed E-state index contributed by atoms with van der Waals surface area (Å²) in [6.07, 6.45) is -1.53. The van der Waals surface area contributed by atoms with E-state index in [1.807, 2.05) is 0 Å². The number of hydrogen-bond donors (Lipinski definition) is 3. The number of aliphatic carboxylic acids is 1. The fourth-order valence-corrected chi connectivity index (χ4v) is 4.51. The number of alkyl halides is 2. The number of carbonyl (C=O) groups excluding carboxylic acids is 1. The second-order valence-electron chi connectivity index (χ2n) is 5.11. The highest BCUT2D eigenvalue weighted by Crippen LogP contribution is 2.43. The van der Waals surface area contributed by atoms with Gasteiger partial charge in [-0.15, -0.1) is 11.8 Å². The summed E-state index contributed by atoms with van der Waals surface area (Å²) in [6, 6.07) is -0.0528. The van der Waals surface area contributed by atoms with E-state index >= 15 is 0 Å². The van der Waals surface area contributed by atoms with Crippen molar-refractivity contribution < 1.29 is 23.5 Å². The Hall–Kier alpha value is -0.890. The Kier molecular flexibility index (Phi) is 5.20. The molecule has 20 heavy (non-hydrogen) atoms. The van der Waals surface area contributed by atoms with Crippen LogP contribution >= 0.6 is 11.8 Å². The van der Waals surface area contributed by atoms with E-state index in [9.17, 15) is 18.4 Å². The van der Waals surface area contributed by atoms with Crippen molar-refractivity contribution in [1.82, 2.24) is 10.6 Å². The molecule has 1 amide bonds. The summed E-state index contributed by atoms with van der Waals surface area (Å²) in [4.78, 5) is 22.3. The summed E-state index contributed by atoms with van der Waals surface area (Å²) in [5.74, 6) is -1.89. The van der Waals surface area contributed by atoms with Gasteiger partial charge in [0.1, 0.15) is 0 Å². The molecule has 2 saturated heterocycles. The van der Waals surface area contributed by atoms with Crippen LogP contribution in [0.25, 0.3) is 0 Å². The van der Waals surface area contributed by atoms with Gasteiger partial charge in [0.05, 0.1) is 11.7 Å². The highest BCUT2D eigenvalue weighted by molar-refractivity contribution is 8.01. The van der Waals surface area contributed by atoms with E-state index in [-0.39, 0.29) is 35.4 Å². The third-order valence-electron chi connectivity index (χ3n) is 3.75. The summed E-state index contributed by atoms with van der Waals surface area (Å²) >= 11 is 1.30. The molecule has 0 aromatic heterocycles. The van der Waals surface area contributed by atoms with E-state index in [2.05, 4.69) is 10.6 Å². The van der Waals surface area contributed by atoms with Crippen LogP contribution in [0.1, 0.15) is 19.3 Å². The number of carboxylic acid groups (broad SMARTS) is 1. The molecule has 2 heterocycles. The van der Waals surface area contributed by atoms with E-state index in [0.717, 1.165) is 0 Å². The van der Waals surface area contributed by atoms with E-state index < -0.39 is 18.3 Å². The number of amides is 1. The van der Waals surface area contributed by atoms with Crippen LogP contribution in [0.4, 0.5) is 8.78 Å². The lowest BCUT2D eigenvalue weighted by molar-refractivity contribution is -0.136. The number of piperidine rings is 1. The molecular weight excluding hydrogens is 290 g/mol. The van der Waals surface area contributed by atoms with Crippen molar-refractivity contribution in [2.24, 2.45) is 5.92 Å². The van der Waals surface area contributed by atoms with Crippen LogP contribution in [0.2, 0.25) is 0 Å². The van der Waals surface area contributed by atoms with Gasteiger partial charge in [0.25, 0.3) is 0 Å². The molecule has 0 radical (unpaired) electrons. The Morgan fingerprint density at radius 3 is 2.85 bits per heavy atom. The minimum atomic E-state index is -2.36. The maximum atomic E-state index is 13.0. The molecule has 2 fully saturated rings. The summed E-state index contributed by atoms with van der Waals surface area (Å²) in [6.45, 7) is 0.635. The number of fused-ring (bicyclic) bond motifs is 1. The summed E-state index contributed by atoms with van der Waals surface area (Å²) in [5.41, 5.74) is 0. The maximum absolute atomic E-state index is 13.0. The Morgan fingerprint density at radius 2 is 2.20 bits per heavy atom. The highest BCUT2D eigenvalue weighted by atomic mass is 32.2. The number of carboxylic acids is 1. The van der Waals surface area contributed by atoms with Crippen molar-refractivity contribution in [2.45, 2.75) is 42.2 Å². The number of rotatable bonds is 5. The van der Waals surface area contributed by atoms with Gasteiger partial charge in [0.15, 0.2) is 0 Å². The van der Waals surface area contributed by atoms with E-state index in [1.54, 1.807) is 0 Å². The molecule has 8 heteroatoms. The van der Waals surface area contributed by atoms with Crippen LogP contribution in [0.5, 0.6) is 0 Å². The molecule has 4 atom stereocenters. The molecule has 2 aliphatic rings. The normalized spacial score (nSPS) is 33.0. The van der Waals surface area contributed by atoms with Gasteiger partial charge in [-0.25, -0.2) is 8.78 Å². The minimum absolute atomic E-state index is 0.0528. The van der Waals surface area contributed by atoms with Crippen molar-refractivity contribution in [3.8, 4) is 0 Å². The van der Waals surface area contributed by atoms with Crippen LogP contribution in [0, 0.1) is 5.92 Å². The molecule has 2 rings (SSSR count). The van der Waals surface area contributed by atoms with Crippen LogP contribution in [-0.2, 0) is 9.59 Å². The topological polar surface area (TPSA) is 78.4 Å². The van der Waals surface area contributed by atoms with E-state index in [1.165, 1.54) is 11.8 Å². The van der Waals surface area contributed by atoms with Crippen molar-refractivity contribution in [2.75, 3.05) is 13.1 Å². The monoisotopic (exact) mass is 308 g/mol. The quantitative estimate of drug-likeness (QED) is 0.697. The van der Waals surface area contributed by atoms with Gasteiger partial charge in [0, 0.05) is 23.8 Å². The lowest BCUT2D eigenvalue weighted by Gasteiger charge is -2.33. The first-order valence-electron chi connectivity index (χ1n) is 6.65. The molecular formula is C12H18F2N2O3S. The standard InChI is InChI=1S/C12H18F2N2O3S/c13-11(14)6-1-3-15-7-5-8(20-10(6)7)12(19)16-4-2-9(17)18/h6-8,10-11,15H,1-5H2,(H,16,19)(H,17,18). The van der Waals surface area contributed by atoms with Crippen LogP contribution in [-0.4, -0.2) is 53.0 Å². The largest absolute Gasteiger partial charge is 0.481 e. The van der Waals surface area contributed by atoms with Gasteiger partial charge in [-0.3, -0.25) is 9.59 Å². The molecule has 0 bridgehead atoms. The third-order valence-corrected chi connectivity index (χ3v) is 5.47. The Morgan fingerprint density at radius 1 is 1.45 bits per heavy atom. The minimum Gasteiger partial charge on any atom is -0.481 e. The van der Waals surface area contributed by atoms with Crippen LogP contribution < -0.4 is 10.6 Å². The predicted octanol–water partition coefficient (Wildman–Crippen LogP) is 0.695. The van der Waals surface area contributed by atoms with E-state index in [0.29, 0.717) is 19.4 Å². The van der Waals surface area contributed by atoms with Crippen LogP contribution in [0.15, 0.2) is 0 Å². The van der Waals surface area contributed by atoms with Gasteiger partial charge >= 0.3 is 5.97 Å². The second kappa shape index (κ2) is 6.71. The number of halogens is 2. The molecule has 114 valence electrons. The molecule has 0 saturated carbocycles. The second-order valence-corrected chi connectivity index (χ2v) is 6.49. The zero-order valence-electron chi connectivity index (χ0n) is 10.9. The molecule has 2 aliphatic heterocycles. The maximum Gasteiger partial charge on any atom is 0.305 e. The van der Waals surface area contributed by atoms with Gasteiger partial charge < -0.3 is 15.7 Å². The molecule has 0 aliphatic carbocycles. The SMILES string of the molecule is O=C(O)CCNC(=O)C1CC2NCCC(C(F)F)C2S1. The lowest BCUT2D eigenvalue weighted by atomic mass is 9.90. The van der Waals surface area contributed by atoms with Crippen molar-refractivity contribution >= 4 is 23.6 Å². The Balaban J connectivity index is 1.86. The fraction of sp³-hybridized carbons (Fsp3) is 0.833. The number of nitrogens with one attached hydrogen (secondary N) is 2. The fourth-order valence-electron chi connectivity index (χ4n) is 2.75. The number of carbonyl (C=O) groups is 2. The molecule has 0 aromatic carbocycles. The summed E-state index contributed by atoms with van der Waals surface area (Å²) in [7, 11) is 0. The summed E-state index contributed by atoms with van der Waals surface area (Å²) in [5, 5.41) is 13.6. The molecule has 5 nitrogen and oxygen atoms in total. The first-order chi connectivity index (χ1) is 9.49. The zero-order valence-corrected chi connectivity index (χ0v) is 11.7. The first kappa shape index (κ1) is 15.5. The van der Waals surface area contributed by atoms with Crippen molar-refractivity contribution in [1.29, 1.82) is 0 Å². The van der Waals surface area contributed by atoms with Crippen molar-refractivity contribution in [3.05, 3.63) is 0 Å². The average Bonchev–Trinajstić information content (AvgIpc) is 2.81. The molecule has 0 aromatic rings. The average molecular weight is 308 g/mol. The smallest absolute Gasteiger partial charge is 0.305 e. The Bertz CT molecular complexity index is 384. The van der Waals surface area contributed by atoms with Gasteiger partial charge in [0.2, 0.25) is 12.3 Å². The van der Waals surface area contributed by atoms with Crippen molar-refractivity contribution in [3.63, 3.8) is 0 Å². The number of thioether (sulfide) groups is 1. The number of hydrogen-bond acceptors (Lipinski definition) is 4.